The number of pyridine rings is 1. The van der Waals surface area contributed by atoms with Crippen LogP contribution in [-0.4, -0.2) is 47.0 Å². The van der Waals surface area contributed by atoms with Crippen LogP contribution in [0.4, 0.5) is 0 Å². The van der Waals surface area contributed by atoms with E-state index in [1.807, 2.05) is 12.4 Å². The van der Waals surface area contributed by atoms with Crippen LogP contribution in [0.1, 0.15) is 38.7 Å². The van der Waals surface area contributed by atoms with E-state index in [1.54, 1.807) is 0 Å². The molecule has 3 heterocycles. The number of piperidine rings is 2. The lowest BCUT2D eigenvalue weighted by Gasteiger charge is -2.43. The summed E-state index contributed by atoms with van der Waals surface area (Å²) in [4.78, 5) is 9.48. The molecule has 3 nitrogen and oxygen atoms in total. The summed E-state index contributed by atoms with van der Waals surface area (Å²) in [5.41, 5.74) is 1.39. The van der Waals surface area contributed by atoms with Crippen LogP contribution >= 0.6 is 0 Å². The lowest BCUT2D eigenvalue weighted by molar-refractivity contribution is 0.0530. The van der Waals surface area contributed by atoms with E-state index in [4.69, 9.17) is 0 Å². The maximum absolute atomic E-state index is 4.10. The molecule has 2 aliphatic rings. The lowest BCUT2D eigenvalue weighted by atomic mass is 9.89. The molecule has 2 saturated heterocycles. The van der Waals surface area contributed by atoms with E-state index in [0.29, 0.717) is 0 Å². The van der Waals surface area contributed by atoms with Gasteiger partial charge in [-0.3, -0.25) is 14.8 Å². The van der Waals surface area contributed by atoms with Gasteiger partial charge in [-0.1, -0.05) is 13.8 Å². The van der Waals surface area contributed by atoms with E-state index in [-0.39, 0.29) is 0 Å². The first kappa shape index (κ1) is 15.0. The molecule has 0 amide bonds. The Morgan fingerprint density at radius 3 is 2.29 bits per heavy atom. The molecule has 1 aromatic rings. The smallest absolute Gasteiger partial charge is 0.0271 e. The van der Waals surface area contributed by atoms with Crippen molar-refractivity contribution in [1.29, 1.82) is 0 Å². The Labute approximate surface area is 129 Å². The molecule has 0 aliphatic carbocycles. The molecule has 0 radical (unpaired) electrons. The van der Waals surface area contributed by atoms with Crippen molar-refractivity contribution in [2.24, 2.45) is 11.8 Å². The minimum atomic E-state index is 0.823. The third-order valence-electron chi connectivity index (χ3n) is 5.13. The fourth-order valence-corrected chi connectivity index (χ4v) is 4.20. The molecule has 3 rings (SSSR count). The SMILES string of the molecule is CC1CC(C)CN(C2CCN(Cc3ccncc3)CC2)C1. The number of aromatic nitrogens is 1. The minimum Gasteiger partial charge on any atom is -0.300 e. The monoisotopic (exact) mass is 287 g/mol. The minimum absolute atomic E-state index is 0.823. The van der Waals surface area contributed by atoms with Gasteiger partial charge in [0.25, 0.3) is 0 Å². The topological polar surface area (TPSA) is 19.4 Å². The zero-order valence-corrected chi connectivity index (χ0v) is 13.5. The number of nitrogens with zero attached hydrogens (tertiary/aromatic N) is 3. The quantitative estimate of drug-likeness (QED) is 0.852. The molecule has 3 heteroatoms. The Balaban J connectivity index is 1.48. The van der Waals surface area contributed by atoms with Gasteiger partial charge < -0.3 is 0 Å². The van der Waals surface area contributed by atoms with Gasteiger partial charge in [0.1, 0.15) is 0 Å². The first-order valence-electron chi connectivity index (χ1n) is 8.56. The van der Waals surface area contributed by atoms with E-state index in [1.165, 1.54) is 51.0 Å². The van der Waals surface area contributed by atoms with Gasteiger partial charge in [0.05, 0.1) is 0 Å². The Morgan fingerprint density at radius 1 is 1.05 bits per heavy atom. The van der Waals surface area contributed by atoms with Gasteiger partial charge in [-0.15, -0.1) is 0 Å². The van der Waals surface area contributed by atoms with Crippen molar-refractivity contribution in [3.05, 3.63) is 30.1 Å². The molecule has 2 aliphatic heterocycles. The molecule has 0 bridgehead atoms. The number of hydrogen-bond acceptors (Lipinski definition) is 3. The van der Waals surface area contributed by atoms with E-state index in [0.717, 1.165) is 24.4 Å². The van der Waals surface area contributed by atoms with Crippen LogP contribution in [0.15, 0.2) is 24.5 Å². The molecule has 0 saturated carbocycles. The van der Waals surface area contributed by atoms with Gasteiger partial charge in [0, 0.05) is 38.1 Å². The van der Waals surface area contributed by atoms with E-state index >= 15 is 0 Å². The van der Waals surface area contributed by atoms with Crippen molar-refractivity contribution < 1.29 is 0 Å². The maximum atomic E-state index is 4.10. The second-order valence-electron chi connectivity index (χ2n) is 7.26. The maximum Gasteiger partial charge on any atom is 0.0271 e. The molecule has 0 spiro atoms. The highest BCUT2D eigenvalue weighted by Gasteiger charge is 2.29. The second-order valence-corrected chi connectivity index (χ2v) is 7.26. The van der Waals surface area contributed by atoms with Crippen molar-refractivity contribution in [3.63, 3.8) is 0 Å². The summed E-state index contributed by atoms with van der Waals surface area (Å²) >= 11 is 0. The summed E-state index contributed by atoms with van der Waals surface area (Å²) < 4.78 is 0. The molecular formula is C18H29N3. The lowest BCUT2D eigenvalue weighted by Crippen LogP contribution is -2.49. The van der Waals surface area contributed by atoms with Crippen molar-refractivity contribution in [1.82, 2.24) is 14.8 Å². The summed E-state index contributed by atoms with van der Waals surface area (Å²) in [6.45, 7) is 11.0. The van der Waals surface area contributed by atoms with Gasteiger partial charge in [0.15, 0.2) is 0 Å². The third-order valence-corrected chi connectivity index (χ3v) is 5.13. The van der Waals surface area contributed by atoms with Crippen molar-refractivity contribution in [2.45, 2.75) is 45.7 Å². The average molecular weight is 287 g/mol. The van der Waals surface area contributed by atoms with Crippen LogP contribution in [0, 0.1) is 11.8 Å². The van der Waals surface area contributed by atoms with Crippen LogP contribution in [0.25, 0.3) is 0 Å². The van der Waals surface area contributed by atoms with Crippen LogP contribution in [0.3, 0.4) is 0 Å². The normalized spacial score (nSPS) is 29.6. The largest absolute Gasteiger partial charge is 0.300 e. The zero-order chi connectivity index (χ0) is 14.7. The van der Waals surface area contributed by atoms with Gasteiger partial charge in [-0.2, -0.15) is 0 Å². The van der Waals surface area contributed by atoms with Crippen LogP contribution in [-0.2, 0) is 6.54 Å². The summed E-state index contributed by atoms with van der Waals surface area (Å²) in [6, 6.07) is 5.10. The molecule has 0 aromatic carbocycles. The van der Waals surface area contributed by atoms with Crippen LogP contribution in [0.2, 0.25) is 0 Å². The van der Waals surface area contributed by atoms with E-state index in [9.17, 15) is 0 Å². The van der Waals surface area contributed by atoms with Crippen molar-refractivity contribution in [3.8, 4) is 0 Å². The molecule has 0 N–H and O–H groups in total. The molecule has 2 atom stereocenters. The summed E-state index contributed by atoms with van der Waals surface area (Å²) in [7, 11) is 0. The van der Waals surface area contributed by atoms with Crippen LogP contribution < -0.4 is 0 Å². The third kappa shape index (κ3) is 4.04. The number of rotatable bonds is 3. The summed E-state index contributed by atoms with van der Waals surface area (Å²) in [5, 5.41) is 0. The van der Waals surface area contributed by atoms with E-state index in [2.05, 4.69) is 40.8 Å². The Morgan fingerprint density at radius 2 is 1.67 bits per heavy atom. The zero-order valence-electron chi connectivity index (χ0n) is 13.5. The Hall–Kier alpha value is -0.930. The fourth-order valence-electron chi connectivity index (χ4n) is 4.20. The average Bonchev–Trinajstić information content (AvgIpc) is 2.48. The molecule has 2 fully saturated rings. The number of likely N-dealkylation sites (tertiary alicyclic amines) is 2. The van der Waals surface area contributed by atoms with Gasteiger partial charge in [-0.25, -0.2) is 0 Å². The molecular weight excluding hydrogens is 258 g/mol. The second kappa shape index (κ2) is 6.89. The number of hydrogen-bond donors (Lipinski definition) is 0. The van der Waals surface area contributed by atoms with Crippen molar-refractivity contribution >= 4 is 0 Å². The Kier molecular flexibility index (Phi) is 4.91. The summed E-state index contributed by atoms with van der Waals surface area (Å²) in [5.74, 6) is 1.76. The van der Waals surface area contributed by atoms with Gasteiger partial charge in [0.2, 0.25) is 0 Å². The molecule has 116 valence electrons. The standard InChI is InChI=1S/C18H29N3/c1-15-11-16(2)13-21(12-15)18-5-9-20(10-6-18)14-17-3-7-19-8-4-17/h3-4,7-8,15-16,18H,5-6,9-14H2,1-2H3. The predicted molar refractivity (Wildman–Crippen MR) is 87.1 cm³/mol. The Bertz CT molecular complexity index is 415. The molecule has 1 aromatic heterocycles. The van der Waals surface area contributed by atoms with E-state index < -0.39 is 0 Å². The van der Waals surface area contributed by atoms with Crippen molar-refractivity contribution in [2.75, 3.05) is 26.2 Å². The van der Waals surface area contributed by atoms with Gasteiger partial charge in [-0.05, 0) is 61.9 Å². The highest BCUT2D eigenvalue weighted by Crippen LogP contribution is 2.26. The highest BCUT2D eigenvalue weighted by atomic mass is 15.2. The fraction of sp³-hybridized carbons (Fsp3) is 0.722. The first-order chi connectivity index (χ1) is 10.2. The molecule has 2 unspecified atom stereocenters. The first-order valence-corrected chi connectivity index (χ1v) is 8.56. The van der Waals surface area contributed by atoms with Gasteiger partial charge >= 0.3 is 0 Å². The molecule has 21 heavy (non-hydrogen) atoms. The predicted octanol–water partition coefficient (Wildman–Crippen LogP) is 3.02. The summed E-state index contributed by atoms with van der Waals surface area (Å²) in [6.07, 6.45) is 7.89. The van der Waals surface area contributed by atoms with Crippen LogP contribution in [0.5, 0.6) is 0 Å². The highest BCUT2D eigenvalue weighted by molar-refractivity contribution is 5.09.